The number of nitrogens with zero attached hydrogens (tertiary/aromatic N) is 3. The van der Waals surface area contributed by atoms with Gasteiger partial charge in [0.15, 0.2) is 0 Å². The summed E-state index contributed by atoms with van der Waals surface area (Å²) in [6, 6.07) is 5.60. The van der Waals surface area contributed by atoms with Crippen LogP contribution in [0.1, 0.15) is 38.3 Å². The van der Waals surface area contributed by atoms with Gasteiger partial charge in [-0.05, 0) is 43.7 Å². The Morgan fingerprint density at radius 1 is 1.29 bits per heavy atom. The van der Waals surface area contributed by atoms with Crippen molar-refractivity contribution in [3.05, 3.63) is 30.1 Å². The van der Waals surface area contributed by atoms with E-state index in [1.807, 2.05) is 18.2 Å². The second-order valence-electron chi connectivity index (χ2n) is 6.84. The first-order valence-corrected chi connectivity index (χ1v) is 10.2. The predicted molar refractivity (Wildman–Crippen MR) is 92.5 cm³/mol. The summed E-state index contributed by atoms with van der Waals surface area (Å²) in [5.74, 6) is 0.596. The Hall–Kier alpha value is -1.02. The fraction of sp³-hybridized carbons (Fsp3) is 0.706. The highest BCUT2D eigenvalue weighted by Gasteiger charge is 2.34. The molecule has 24 heavy (non-hydrogen) atoms. The summed E-state index contributed by atoms with van der Waals surface area (Å²) in [5, 5.41) is 0. The molecular formula is C17H27N3O3S. The topological polar surface area (TPSA) is 62.7 Å². The Labute approximate surface area is 145 Å². The molecule has 1 aromatic rings. The van der Waals surface area contributed by atoms with Crippen LogP contribution in [0, 0.1) is 5.92 Å². The van der Waals surface area contributed by atoms with E-state index in [0.717, 1.165) is 38.0 Å². The van der Waals surface area contributed by atoms with Crippen molar-refractivity contribution in [3.8, 4) is 0 Å². The molecule has 0 bridgehead atoms. The molecule has 2 saturated heterocycles. The van der Waals surface area contributed by atoms with Gasteiger partial charge in [-0.15, -0.1) is 0 Å². The fourth-order valence-electron chi connectivity index (χ4n) is 3.31. The van der Waals surface area contributed by atoms with Crippen molar-refractivity contribution < 1.29 is 13.2 Å². The van der Waals surface area contributed by atoms with Crippen LogP contribution in [0.5, 0.6) is 0 Å². The molecule has 0 unspecified atom stereocenters. The van der Waals surface area contributed by atoms with Crippen LogP contribution in [0.15, 0.2) is 24.4 Å². The lowest BCUT2D eigenvalue weighted by atomic mass is 10.0. The van der Waals surface area contributed by atoms with Crippen LogP contribution < -0.4 is 0 Å². The number of piperidine rings is 1. The first-order valence-electron chi connectivity index (χ1n) is 8.82. The average molecular weight is 353 g/mol. The van der Waals surface area contributed by atoms with Crippen molar-refractivity contribution in [2.45, 2.75) is 45.3 Å². The van der Waals surface area contributed by atoms with E-state index in [4.69, 9.17) is 4.74 Å². The molecule has 0 N–H and O–H groups in total. The largest absolute Gasteiger partial charge is 0.377 e. The lowest BCUT2D eigenvalue weighted by Gasteiger charge is -2.34. The van der Waals surface area contributed by atoms with E-state index in [1.165, 1.54) is 0 Å². The van der Waals surface area contributed by atoms with Crippen molar-refractivity contribution in [2.24, 2.45) is 5.92 Å². The first-order chi connectivity index (χ1) is 11.6. The van der Waals surface area contributed by atoms with E-state index >= 15 is 0 Å². The third kappa shape index (κ3) is 4.33. The minimum atomic E-state index is -3.49. The van der Waals surface area contributed by atoms with Crippen LogP contribution in [0.25, 0.3) is 0 Å². The number of hydrogen-bond donors (Lipinski definition) is 0. The van der Waals surface area contributed by atoms with Crippen LogP contribution in [0.2, 0.25) is 0 Å². The molecule has 0 aliphatic carbocycles. The summed E-state index contributed by atoms with van der Waals surface area (Å²) in [6.45, 7) is 4.83. The third-order valence-corrected chi connectivity index (χ3v) is 6.84. The quantitative estimate of drug-likeness (QED) is 0.785. The van der Waals surface area contributed by atoms with Crippen LogP contribution in [0.4, 0.5) is 0 Å². The lowest BCUT2D eigenvalue weighted by molar-refractivity contribution is 0.0901. The zero-order chi connectivity index (χ0) is 17.0. The molecule has 2 aliphatic rings. The van der Waals surface area contributed by atoms with Gasteiger partial charge in [-0.2, -0.15) is 17.0 Å². The molecule has 3 rings (SSSR count). The minimum Gasteiger partial charge on any atom is -0.377 e. The van der Waals surface area contributed by atoms with E-state index in [9.17, 15) is 8.42 Å². The molecule has 0 radical (unpaired) electrons. The van der Waals surface area contributed by atoms with Gasteiger partial charge in [0.2, 0.25) is 0 Å². The SMILES string of the molecule is CC1CCN(S(=O)(=O)N(Cc2ccccn2)C[C@@H]2CCCO2)CC1. The maximum Gasteiger partial charge on any atom is 0.282 e. The van der Waals surface area contributed by atoms with Gasteiger partial charge in [0.05, 0.1) is 18.3 Å². The van der Waals surface area contributed by atoms with Gasteiger partial charge in [-0.3, -0.25) is 4.98 Å². The second-order valence-corrected chi connectivity index (χ2v) is 8.77. The lowest BCUT2D eigenvalue weighted by Crippen LogP contribution is -2.48. The molecule has 6 nitrogen and oxygen atoms in total. The monoisotopic (exact) mass is 353 g/mol. The molecule has 0 saturated carbocycles. The Morgan fingerprint density at radius 2 is 2.08 bits per heavy atom. The van der Waals surface area contributed by atoms with E-state index in [0.29, 0.717) is 32.1 Å². The highest BCUT2D eigenvalue weighted by Crippen LogP contribution is 2.23. The van der Waals surface area contributed by atoms with E-state index in [1.54, 1.807) is 14.8 Å². The van der Waals surface area contributed by atoms with Crippen molar-refractivity contribution >= 4 is 10.2 Å². The second kappa shape index (κ2) is 7.91. The van der Waals surface area contributed by atoms with E-state index in [-0.39, 0.29) is 6.10 Å². The van der Waals surface area contributed by atoms with Gasteiger partial charge >= 0.3 is 0 Å². The van der Waals surface area contributed by atoms with Gasteiger partial charge in [0, 0.05) is 32.4 Å². The molecule has 0 aromatic carbocycles. The highest BCUT2D eigenvalue weighted by molar-refractivity contribution is 7.86. The van der Waals surface area contributed by atoms with Gasteiger partial charge in [0.25, 0.3) is 10.2 Å². The fourth-order valence-corrected chi connectivity index (χ4v) is 4.96. The molecule has 2 aliphatic heterocycles. The van der Waals surface area contributed by atoms with E-state index < -0.39 is 10.2 Å². The average Bonchev–Trinajstić information content (AvgIpc) is 3.09. The van der Waals surface area contributed by atoms with Crippen molar-refractivity contribution in [1.82, 2.24) is 13.6 Å². The number of rotatable bonds is 6. The van der Waals surface area contributed by atoms with Gasteiger partial charge in [-0.25, -0.2) is 0 Å². The van der Waals surface area contributed by atoms with Crippen LogP contribution in [0.3, 0.4) is 0 Å². The molecular weight excluding hydrogens is 326 g/mol. The van der Waals surface area contributed by atoms with E-state index in [2.05, 4.69) is 11.9 Å². The molecule has 134 valence electrons. The third-order valence-electron chi connectivity index (χ3n) is 4.89. The first kappa shape index (κ1) is 17.8. The zero-order valence-corrected chi connectivity index (χ0v) is 15.1. The summed E-state index contributed by atoms with van der Waals surface area (Å²) in [4.78, 5) is 4.30. The van der Waals surface area contributed by atoms with Crippen LogP contribution >= 0.6 is 0 Å². The summed E-state index contributed by atoms with van der Waals surface area (Å²) in [6.07, 6.45) is 5.48. The number of ether oxygens (including phenoxy) is 1. The molecule has 0 amide bonds. The maximum absolute atomic E-state index is 13.2. The zero-order valence-electron chi connectivity index (χ0n) is 14.3. The van der Waals surface area contributed by atoms with Gasteiger partial charge in [0.1, 0.15) is 0 Å². The molecule has 1 aromatic heterocycles. The molecule has 3 heterocycles. The normalized spacial score (nSPS) is 23.8. The molecule has 2 fully saturated rings. The molecule has 0 spiro atoms. The van der Waals surface area contributed by atoms with Crippen LogP contribution in [-0.2, 0) is 21.5 Å². The highest BCUT2D eigenvalue weighted by atomic mass is 32.2. The summed E-state index contributed by atoms with van der Waals surface area (Å²) in [7, 11) is -3.49. The standard InChI is InChI=1S/C17H27N3O3S/c1-15-7-10-19(11-8-15)24(21,22)20(14-17-6-4-12-23-17)13-16-5-2-3-9-18-16/h2-3,5,9,15,17H,4,6-8,10-14H2,1H3/t17-/m0/s1. The summed E-state index contributed by atoms with van der Waals surface area (Å²) >= 11 is 0. The molecule has 7 heteroatoms. The molecule has 1 atom stereocenters. The minimum absolute atomic E-state index is 0.00722. The number of aromatic nitrogens is 1. The van der Waals surface area contributed by atoms with Crippen molar-refractivity contribution in [1.29, 1.82) is 0 Å². The Kier molecular flexibility index (Phi) is 5.86. The summed E-state index contributed by atoms with van der Waals surface area (Å²) in [5.41, 5.74) is 0.768. The van der Waals surface area contributed by atoms with Crippen molar-refractivity contribution in [3.63, 3.8) is 0 Å². The van der Waals surface area contributed by atoms with Gasteiger partial charge < -0.3 is 4.74 Å². The van der Waals surface area contributed by atoms with Crippen LogP contribution in [-0.4, -0.2) is 54.4 Å². The summed E-state index contributed by atoms with van der Waals surface area (Å²) < 4.78 is 35.2. The Bertz CT molecular complexity index is 609. The number of hydrogen-bond acceptors (Lipinski definition) is 4. The van der Waals surface area contributed by atoms with Crippen molar-refractivity contribution in [2.75, 3.05) is 26.2 Å². The predicted octanol–water partition coefficient (Wildman–Crippen LogP) is 2.04. The maximum atomic E-state index is 13.2. The number of pyridine rings is 1. The smallest absolute Gasteiger partial charge is 0.282 e. The Morgan fingerprint density at radius 3 is 2.71 bits per heavy atom. The Balaban J connectivity index is 1.76. The van der Waals surface area contributed by atoms with Gasteiger partial charge in [-0.1, -0.05) is 13.0 Å².